The van der Waals surface area contributed by atoms with Crippen LogP contribution in [0.1, 0.15) is 32.6 Å². The molecule has 0 aromatic carbocycles. The quantitative estimate of drug-likeness (QED) is 0.617. The molecule has 1 rings (SSSR count). The summed E-state index contributed by atoms with van der Waals surface area (Å²) < 4.78 is 0. The Morgan fingerprint density at radius 2 is 2.00 bits per heavy atom. The minimum Gasteiger partial charge on any atom is -0.374 e. The Kier molecular flexibility index (Phi) is 7.91. The van der Waals surface area contributed by atoms with Crippen LogP contribution >= 0.6 is 12.4 Å². The van der Waals surface area contributed by atoms with E-state index in [0.29, 0.717) is 0 Å². The van der Waals surface area contributed by atoms with Crippen LogP contribution in [-0.2, 0) is 0 Å². The Bertz CT molecular complexity index is 163. The van der Waals surface area contributed by atoms with Crippen LogP contribution in [0.3, 0.4) is 0 Å². The molecular weight excluding hydrogens is 182 g/mol. The van der Waals surface area contributed by atoms with E-state index in [0.717, 1.165) is 6.54 Å². The lowest BCUT2D eigenvalue weighted by atomic mass is 10.2. The van der Waals surface area contributed by atoms with Gasteiger partial charge in [0.25, 0.3) is 0 Å². The Balaban J connectivity index is 0.00000144. The van der Waals surface area contributed by atoms with Crippen LogP contribution < -0.4 is 0 Å². The van der Waals surface area contributed by atoms with Gasteiger partial charge in [-0.25, -0.2) is 0 Å². The van der Waals surface area contributed by atoms with Gasteiger partial charge in [0.1, 0.15) is 0 Å². The second-order valence-electron chi connectivity index (χ2n) is 3.33. The van der Waals surface area contributed by atoms with Gasteiger partial charge < -0.3 is 4.90 Å². The van der Waals surface area contributed by atoms with Gasteiger partial charge in [-0.3, -0.25) is 0 Å². The standard InChI is InChI=1S/C11H19N.ClH/c1-2-3-4-6-9-12-10-7-5-8-11-12;/h5,7-8,10H,2-4,6,9,11H2,1H3;1H. The van der Waals surface area contributed by atoms with Crippen molar-refractivity contribution in [1.29, 1.82) is 0 Å². The monoisotopic (exact) mass is 201 g/mol. The molecule has 0 aromatic rings. The summed E-state index contributed by atoms with van der Waals surface area (Å²) in [5, 5.41) is 0. The van der Waals surface area contributed by atoms with Crippen molar-refractivity contribution < 1.29 is 0 Å². The zero-order valence-corrected chi connectivity index (χ0v) is 9.22. The second-order valence-corrected chi connectivity index (χ2v) is 3.33. The zero-order valence-electron chi connectivity index (χ0n) is 8.41. The molecular formula is C11H20ClN. The van der Waals surface area contributed by atoms with Gasteiger partial charge in [0.2, 0.25) is 0 Å². The fourth-order valence-corrected chi connectivity index (χ4v) is 1.41. The summed E-state index contributed by atoms with van der Waals surface area (Å²) in [4.78, 5) is 2.37. The van der Waals surface area contributed by atoms with Gasteiger partial charge in [-0.1, -0.05) is 38.3 Å². The predicted molar refractivity (Wildman–Crippen MR) is 61.2 cm³/mol. The molecule has 2 heteroatoms. The molecule has 1 heterocycles. The molecule has 0 saturated carbocycles. The van der Waals surface area contributed by atoms with Crippen LogP contribution in [0.15, 0.2) is 24.4 Å². The Labute approximate surface area is 87.9 Å². The first-order valence-electron chi connectivity index (χ1n) is 5.01. The van der Waals surface area contributed by atoms with Crippen LogP contribution in [-0.4, -0.2) is 18.0 Å². The van der Waals surface area contributed by atoms with Crippen LogP contribution in [0.2, 0.25) is 0 Å². The fourth-order valence-electron chi connectivity index (χ4n) is 1.41. The number of allylic oxidation sites excluding steroid dienone is 2. The van der Waals surface area contributed by atoms with E-state index in [2.05, 4.69) is 36.3 Å². The van der Waals surface area contributed by atoms with Crippen molar-refractivity contribution in [1.82, 2.24) is 4.90 Å². The average Bonchev–Trinajstić information content (AvgIpc) is 2.14. The minimum atomic E-state index is 0. The molecule has 13 heavy (non-hydrogen) atoms. The van der Waals surface area contributed by atoms with Gasteiger partial charge in [0, 0.05) is 13.1 Å². The summed E-state index contributed by atoms with van der Waals surface area (Å²) in [7, 11) is 0. The average molecular weight is 202 g/mol. The molecule has 0 atom stereocenters. The van der Waals surface area contributed by atoms with E-state index < -0.39 is 0 Å². The predicted octanol–water partition coefficient (Wildman–Crippen LogP) is 3.37. The Hall–Kier alpha value is -0.430. The first-order valence-corrected chi connectivity index (χ1v) is 5.01. The van der Waals surface area contributed by atoms with Crippen molar-refractivity contribution in [3.8, 4) is 0 Å². The molecule has 0 bridgehead atoms. The molecule has 0 radical (unpaired) electrons. The summed E-state index contributed by atoms with van der Waals surface area (Å²) in [6.45, 7) is 4.58. The molecule has 1 aliphatic heterocycles. The van der Waals surface area contributed by atoms with Gasteiger partial charge in [-0.2, -0.15) is 0 Å². The molecule has 0 spiro atoms. The first-order chi connectivity index (χ1) is 5.93. The second kappa shape index (κ2) is 8.18. The highest BCUT2D eigenvalue weighted by molar-refractivity contribution is 5.85. The van der Waals surface area contributed by atoms with Crippen LogP contribution in [0.4, 0.5) is 0 Å². The van der Waals surface area contributed by atoms with E-state index in [9.17, 15) is 0 Å². The number of halogens is 1. The molecule has 76 valence electrons. The number of hydrogen-bond donors (Lipinski definition) is 0. The van der Waals surface area contributed by atoms with Crippen molar-refractivity contribution >= 4 is 12.4 Å². The lowest BCUT2D eigenvalue weighted by molar-refractivity contribution is 0.394. The lowest BCUT2D eigenvalue weighted by Crippen LogP contribution is -2.19. The summed E-state index contributed by atoms with van der Waals surface area (Å²) in [6.07, 6.45) is 14.1. The maximum absolute atomic E-state index is 2.37. The molecule has 1 aliphatic rings. The summed E-state index contributed by atoms with van der Waals surface area (Å²) in [5.41, 5.74) is 0. The molecule has 0 fully saturated rings. The van der Waals surface area contributed by atoms with Gasteiger partial charge in [0.15, 0.2) is 0 Å². The largest absolute Gasteiger partial charge is 0.374 e. The van der Waals surface area contributed by atoms with E-state index in [1.807, 2.05) is 0 Å². The van der Waals surface area contributed by atoms with Crippen LogP contribution in [0.5, 0.6) is 0 Å². The van der Waals surface area contributed by atoms with E-state index in [1.165, 1.54) is 32.2 Å². The highest BCUT2D eigenvalue weighted by atomic mass is 35.5. The van der Waals surface area contributed by atoms with Gasteiger partial charge in [-0.05, 0) is 18.7 Å². The zero-order chi connectivity index (χ0) is 8.65. The molecule has 0 aliphatic carbocycles. The van der Waals surface area contributed by atoms with E-state index in [4.69, 9.17) is 0 Å². The third-order valence-corrected chi connectivity index (χ3v) is 2.18. The Morgan fingerprint density at radius 1 is 1.15 bits per heavy atom. The number of hydrogen-bond acceptors (Lipinski definition) is 1. The fraction of sp³-hybridized carbons (Fsp3) is 0.636. The third-order valence-electron chi connectivity index (χ3n) is 2.18. The lowest BCUT2D eigenvalue weighted by Gasteiger charge is -2.19. The van der Waals surface area contributed by atoms with E-state index >= 15 is 0 Å². The topological polar surface area (TPSA) is 3.24 Å². The van der Waals surface area contributed by atoms with Crippen LogP contribution in [0, 0.1) is 0 Å². The van der Waals surface area contributed by atoms with Crippen molar-refractivity contribution in [2.75, 3.05) is 13.1 Å². The highest BCUT2D eigenvalue weighted by Crippen LogP contribution is 2.04. The molecule has 0 saturated heterocycles. The van der Waals surface area contributed by atoms with Crippen molar-refractivity contribution in [2.24, 2.45) is 0 Å². The molecule has 0 unspecified atom stereocenters. The normalized spacial score (nSPS) is 14.4. The maximum Gasteiger partial charge on any atom is 0.0357 e. The van der Waals surface area contributed by atoms with E-state index in [-0.39, 0.29) is 12.4 Å². The van der Waals surface area contributed by atoms with Gasteiger partial charge in [-0.15, -0.1) is 12.4 Å². The smallest absolute Gasteiger partial charge is 0.0357 e. The van der Waals surface area contributed by atoms with E-state index in [1.54, 1.807) is 0 Å². The summed E-state index contributed by atoms with van der Waals surface area (Å²) >= 11 is 0. The summed E-state index contributed by atoms with van der Waals surface area (Å²) in [6, 6.07) is 0. The molecule has 0 aromatic heterocycles. The first kappa shape index (κ1) is 12.6. The van der Waals surface area contributed by atoms with Crippen molar-refractivity contribution in [2.45, 2.75) is 32.6 Å². The van der Waals surface area contributed by atoms with Gasteiger partial charge >= 0.3 is 0 Å². The van der Waals surface area contributed by atoms with Gasteiger partial charge in [0.05, 0.1) is 0 Å². The van der Waals surface area contributed by atoms with Crippen molar-refractivity contribution in [3.05, 3.63) is 24.4 Å². The highest BCUT2D eigenvalue weighted by Gasteiger charge is 1.97. The Morgan fingerprint density at radius 3 is 2.62 bits per heavy atom. The number of rotatable bonds is 5. The third kappa shape index (κ3) is 5.75. The molecule has 0 amide bonds. The SMILES string of the molecule is CCCCCCN1C=CC=CC1.Cl. The van der Waals surface area contributed by atoms with Crippen molar-refractivity contribution in [3.63, 3.8) is 0 Å². The minimum absolute atomic E-state index is 0. The number of unbranched alkanes of at least 4 members (excludes halogenated alkanes) is 3. The molecule has 0 N–H and O–H groups in total. The van der Waals surface area contributed by atoms with Crippen LogP contribution in [0.25, 0.3) is 0 Å². The molecule has 1 nitrogen and oxygen atoms in total. The maximum atomic E-state index is 2.37. The number of nitrogens with zero attached hydrogens (tertiary/aromatic N) is 1. The summed E-state index contributed by atoms with van der Waals surface area (Å²) in [5.74, 6) is 0.